The second-order valence-electron chi connectivity index (χ2n) is 14.0. The van der Waals surface area contributed by atoms with Crippen LogP contribution in [-0.4, -0.2) is 70.7 Å². The Bertz CT molecular complexity index is 2150. The highest BCUT2D eigenvalue weighted by Crippen LogP contribution is 2.38. The van der Waals surface area contributed by atoms with Crippen LogP contribution in [0.2, 0.25) is 0 Å². The highest BCUT2D eigenvalue weighted by molar-refractivity contribution is 6.68. The predicted octanol–water partition coefficient (Wildman–Crippen LogP) is 6.78. The van der Waals surface area contributed by atoms with Crippen LogP contribution in [0.3, 0.4) is 0 Å². The van der Waals surface area contributed by atoms with E-state index in [1.807, 2.05) is 102 Å². The van der Waals surface area contributed by atoms with Gasteiger partial charge in [-0.1, -0.05) is 84.8 Å². The number of nitrogens with zero attached hydrogens (tertiary/aromatic N) is 4. The molecule has 1 amide bonds. The Kier molecular flexibility index (Phi) is 12.4. The van der Waals surface area contributed by atoms with Crippen molar-refractivity contribution in [2.75, 3.05) is 26.4 Å². The van der Waals surface area contributed by atoms with Crippen LogP contribution >= 0.6 is 11.6 Å². The number of amides is 1. The number of amidine groups is 2. The maximum atomic E-state index is 13.2. The first-order chi connectivity index (χ1) is 27.4. The molecule has 4 aromatic rings. The normalized spacial score (nSPS) is 16.6. The quantitative estimate of drug-likeness (QED) is 0.150. The second kappa shape index (κ2) is 17.4. The van der Waals surface area contributed by atoms with Gasteiger partial charge in [0.15, 0.2) is 34.7 Å². The van der Waals surface area contributed by atoms with E-state index in [2.05, 4.69) is 15.7 Å². The molecule has 0 unspecified atom stereocenters. The van der Waals surface area contributed by atoms with Gasteiger partial charge in [-0.25, -0.2) is 15.9 Å². The van der Waals surface area contributed by atoms with Gasteiger partial charge < -0.3 is 28.6 Å². The number of halogens is 1. The van der Waals surface area contributed by atoms with Gasteiger partial charge in [0.05, 0.1) is 0 Å². The molecule has 0 saturated carbocycles. The number of fused-ring (bicyclic) bond motifs is 2. The van der Waals surface area contributed by atoms with Gasteiger partial charge in [-0.3, -0.25) is 15.0 Å². The molecule has 0 spiro atoms. The largest absolute Gasteiger partial charge is 0.486 e. The van der Waals surface area contributed by atoms with E-state index in [-0.39, 0.29) is 5.91 Å². The van der Waals surface area contributed by atoms with Gasteiger partial charge in [0.25, 0.3) is 11.1 Å². The first kappa shape index (κ1) is 40.7. The van der Waals surface area contributed by atoms with Crippen LogP contribution in [-0.2, 0) is 22.5 Å². The van der Waals surface area contributed by atoms with E-state index in [0.717, 1.165) is 22.3 Å². The van der Waals surface area contributed by atoms with Crippen LogP contribution in [0.4, 0.5) is 0 Å². The average Bonchev–Trinajstić information content (AvgIpc) is 3.68. The third-order valence-electron chi connectivity index (χ3n) is 9.33. The summed E-state index contributed by atoms with van der Waals surface area (Å²) in [6, 6.07) is 26.3. The van der Waals surface area contributed by atoms with Crippen molar-refractivity contribution in [3.05, 3.63) is 118 Å². The number of hydrazine groups is 2. The molecule has 0 radical (unpaired) electrons. The number of carbonyl (C=O) groups excluding carboxylic acids is 2. The summed E-state index contributed by atoms with van der Waals surface area (Å²) in [5, 5.41) is 10.9. The van der Waals surface area contributed by atoms with E-state index in [1.165, 1.54) is 5.01 Å². The number of benzene rings is 4. The zero-order valence-electron chi connectivity index (χ0n) is 32.8. The van der Waals surface area contributed by atoms with E-state index in [1.54, 1.807) is 29.3 Å². The molecule has 0 fully saturated rings. The number of carbonyl (C=O) groups is 2. The molecule has 3 N–H and O–H groups in total. The van der Waals surface area contributed by atoms with E-state index in [0.29, 0.717) is 85.1 Å². The molecule has 14 nitrogen and oxygen atoms in total. The van der Waals surface area contributed by atoms with Crippen molar-refractivity contribution in [1.29, 1.82) is 0 Å². The van der Waals surface area contributed by atoms with Gasteiger partial charge in [0, 0.05) is 33.4 Å². The highest BCUT2D eigenvalue weighted by Gasteiger charge is 2.40. The summed E-state index contributed by atoms with van der Waals surface area (Å²) in [6.07, 6.45) is 1.34. The van der Waals surface area contributed by atoms with E-state index >= 15 is 0 Å². The Balaban J connectivity index is 0.000000159. The number of ether oxygens (including phenoxy) is 4. The molecular formula is C42H47ClN6O8. The second-order valence-corrected chi connectivity index (χ2v) is 14.3. The van der Waals surface area contributed by atoms with E-state index < -0.39 is 16.7 Å². The number of oxime groups is 2. The summed E-state index contributed by atoms with van der Waals surface area (Å²) in [4.78, 5) is 35.1. The fraction of sp³-hybridized carbons (Fsp3) is 0.333. The number of nitrogens with two attached hydrogens (primary N) is 1. The Labute approximate surface area is 337 Å². The maximum absolute atomic E-state index is 13.2. The number of hydrogen-bond acceptors (Lipinski definition) is 13. The molecule has 57 heavy (non-hydrogen) atoms. The molecule has 0 saturated heterocycles. The molecule has 4 aliphatic heterocycles. The summed E-state index contributed by atoms with van der Waals surface area (Å²) < 4.78 is 22.3. The van der Waals surface area contributed by atoms with Crippen LogP contribution in [0.25, 0.3) is 0 Å². The molecule has 4 heterocycles. The Morgan fingerprint density at radius 2 is 1.12 bits per heavy atom. The van der Waals surface area contributed by atoms with Crippen molar-refractivity contribution < 1.29 is 38.2 Å². The van der Waals surface area contributed by atoms with E-state index in [4.69, 9.17) is 46.1 Å². The van der Waals surface area contributed by atoms with Crippen LogP contribution in [0.5, 0.6) is 23.0 Å². The van der Waals surface area contributed by atoms with Gasteiger partial charge in [0.2, 0.25) is 11.4 Å². The van der Waals surface area contributed by atoms with Gasteiger partial charge in [-0.15, -0.1) is 0 Å². The number of hydrogen-bond donors (Lipinski definition) is 2. The smallest absolute Gasteiger partial charge is 0.270 e. The van der Waals surface area contributed by atoms with Crippen molar-refractivity contribution >= 4 is 34.4 Å². The van der Waals surface area contributed by atoms with Gasteiger partial charge in [-0.05, 0) is 76.4 Å². The lowest BCUT2D eigenvalue weighted by molar-refractivity contribution is -0.0824. The zero-order valence-corrected chi connectivity index (χ0v) is 33.6. The fourth-order valence-corrected chi connectivity index (χ4v) is 6.51. The topological polar surface area (TPSA) is 159 Å². The molecule has 4 aromatic carbocycles. The molecular weight excluding hydrogens is 752 g/mol. The highest BCUT2D eigenvalue weighted by atomic mass is 35.5. The molecule has 0 atom stereocenters. The number of rotatable bonds is 7. The minimum atomic E-state index is -0.818. The summed E-state index contributed by atoms with van der Waals surface area (Å²) >= 11 is 5.49. The van der Waals surface area contributed by atoms with Crippen molar-refractivity contribution in [3.8, 4) is 23.0 Å². The molecule has 0 aliphatic carbocycles. The van der Waals surface area contributed by atoms with Gasteiger partial charge in [-0.2, -0.15) is 0 Å². The van der Waals surface area contributed by atoms with Crippen LogP contribution in [0, 0.1) is 0 Å². The molecule has 4 aliphatic rings. The minimum absolute atomic E-state index is 0.254. The summed E-state index contributed by atoms with van der Waals surface area (Å²) in [7, 11) is 0. The monoisotopic (exact) mass is 798 g/mol. The average molecular weight is 799 g/mol. The predicted molar refractivity (Wildman–Crippen MR) is 215 cm³/mol. The van der Waals surface area contributed by atoms with Crippen LogP contribution in [0.1, 0.15) is 84.5 Å². The molecule has 300 valence electrons. The maximum Gasteiger partial charge on any atom is 0.270 e. The Morgan fingerprint density at radius 3 is 1.61 bits per heavy atom. The van der Waals surface area contributed by atoms with Crippen molar-refractivity contribution in [2.45, 2.75) is 65.8 Å². The SMILES string of the molecule is CC1(C)ON=C(c2ccccc2)N1N.CCc1c(C(=O)Cl)ccc2c1OCCO2.CCc1c(C(=O)NN2C(c3ccccc3)=NOC2(C)C)ccc2c1OCCO2. The lowest BCUT2D eigenvalue weighted by Crippen LogP contribution is -2.54. The first-order valence-corrected chi connectivity index (χ1v) is 19.1. The van der Waals surface area contributed by atoms with Crippen molar-refractivity contribution in [2.24, 2.45) is 16.2 Å². The summed E-state index contributed by atoms with van der Waals surface area (Å²) in [6.45, 7) is 13.4. The van der Waals surface area contributed by atoms with E-state index in [9.17, 15) is 9.59 Å². The van der Waals surface area contributed by atoms with Crippen molar-refractivity contribution in [1.82, 2.24) is 15.4 Å². The minimum Gasteiger partial charge on any atom is -0.486 e. The lowest BCUT2D eigenvalue weighted by Gasteiger charge is -2.31. The van der Waals surface area contributed by atoms with Crippen LogP contribution in [0.15, 0.2) is 95.2 Å². The molecule has 0 bridgehead atoms. The molecule has 0 aromatic heterocycles. The Hall–Kier alpha value is -5.99. The first-order valence-electron chi connectivity index (χ1n) is 18.7. The third kappa shape index (κ3) is 8.87. The zero-order chi connectivity index (χ0) is 40.7. The summed E-state index contributed by atoms with van der Waals surface area (Å²) in [5.41, 5.74) is 6.08. The Morgan fingerprint density at radius 1 is 0.667 bits per heavy atom. The molecule has 8 rings (SSSR count). The van der Waals surface area contributed by atoms with Gasteiger partial charge in [0.1, 0.15) is 26.4 Å². The number of nitrogens with one attached hydrogen (secondary N) is 1. The van der Waals surface area contributed by atoms with Crippen LogP contribution < -0.4 is 30.2 Å². The standard InChI is InChI=1S/C21H23N3O4.C11H11ClO3.C10H13N3O/c1-4-15-16(10-11-17-18(15)27-13-12-26-17)20(25)22-24-19(23-28-21(24,2)3)14-8-6-5-7-9-14;1-2-7-8(11(12)13)3-4-9-10(7)15-6-5-14-9;1-10(2)13(11)9(12-14-10)8-6-4-3-5-7-8/h5-11H,4,12-13H2,1-3H3,(H,22,25);3-4H,2,5-6H2,1H3;3-7H,11H2,1-2H3. The lowest BCUT2D eigenvalue weighted by atomic mass is 10.0. The van der Waals surface area contributed by atoms with Gasteiger partial charge >= 0.3 is 0 Å². The molecule has 15 heteroatoms. The van der Waals surface area contributed by atoms with Crippen molar-refractivity contribution in [3.63, 3.8) is 0 Å². The fourth-order valence-electron chi connectivity index (χ4n) is 6.33. The third-order valence-corrected chi connectivity index (χ3v) is 9.54. The summed E-state index contributed by atoms with van der Waals surface area (Å²) in [5.74, 6) is 9.51.